The van der Waals surface area contributed by atoms with Gasteiger partial charge in [0.1, 0.15) is 5.82 Å². The van der Waals surface area contributed by atoms with Gasteiger partial charge in [0.15, 0.2) is 0 Å². The number of hydrogen-bond donors (Lipinski definition) is 0. The Labute approximate surface area is 156 Å². The maximum absolute atomic E-state index is 11.5. The predicted molar refractivity (Wildman–Crippen MR) is 99.7 cm³/mol. The third-order valence-electron chi connectivity index (χ3n) is 4.23. The SMILES string of the molecule is Cl.O=C(Cl)c1ccc2nc(C3CC3)n(Cc3ccccc3Cl)c2c1. The lowest BCUT2D eigenvalue weighted by Crippen LogP contribution is -2.05. The molecule has 0 amide bonds. The lowest BCUT2D eigenvalue weighted by molar-refractivity contribution is 0.108. The van der Waals surface area contributed by atoms with Crippen LogP contribution in [0.5, 0.6) is 0 Å². The second kappa shape index (κ2) is 6.75. The van der Waals surface area contributed by atoms with Crippen LogP contribution in [0.25, 0.3) is 11.0 Å². The first-order valence-electron chi connectivity index (χ1n) is 7.57. The van der Waals surface area contributed by atoms with Crippen molar-refractivity contribution in [2.75, 3.05) is 0 Å². The van der Waals surface area contributed by atoms with Crippen molar-refractivity contribution in [2.45, 2.75) is 25.3 Å². The second-order valence-electron chi connectivity index (χ2n) is 5.90. The fourth-order valence-electron chi connectivity index (χ4n) is 2.88. The Kier molecular flexibility index (Phi) is 4.86. The van der Waals surface area contributed by atoms with Crippen molar-refractivity contribution < 1.29 is 4.79 Å². The number of nitrogens with zero attached hydrogens (tertiary/aromatic N) is 2. The molecule has 6 heteroatoms. The number of fused-ring (bicyclic) bond motifs is 1. The maximum atomic E-state index is 11.5. The molecule has 1 aliphatic carbocycles. The minimum Gasteiger partial charge on any atom is -0.323 e. The van der Waals surface area contributed by atoms with E-state index < -0.39 is 5.24 Å². The normalized spacial score (nSPS) is 13.8. The molecule has 0 spiro atoms. The Bertz CT molecular complexity index is 916. The van der Waals surface area contributed by atoms with E-state index in [1.165, 1.54) is 0 Å². The zero-order valence-corrected chi connectivity index (χ0v) is 15.0. The minimum atomic E-state index is -0.453. The van der Waals surface area contributed by atoms with Gasteiger partial charge >= 0.3 is 0 Å². The summed E-state index contributed by atoms with van der Waals surface area (Å²) in [5.74, 6) is 1.57. The van der Waals surface area contributed by atoms with Crippen molar-refractivity contribution in [1.82, 2.24) is 9.55 Å². The summed E-state index contributed by atoms with van der Waals surface area (Å²) in [5.41, 5.74) is 3.35. The van der Waals surface area contributed by atoms with Gasteiger partial charge in [0.2, 0.25) is 0 Å². The molecule has 124 valence electrons. The lowest BCUT2D eigenvalue weighted by atomic mass is 10.2. The predicted octanol–water partition coefficient (Wildman–Crippen LogP) is 5.42. The molecular formula is C18H15Cl3N2O. The molecule has 2 aromatic carbocycles. The van der Waals surface area contributed by atoms with Gasteiger partial charge in [0, 0.05) is 16.5 Å². The van der Waals surface area contributed by atoms with Crippen LogP contribution in [0, 0.1) is 0 Å². The highest BCUT2D eigenvalue weighted by Gasteiger charge is 2.30. The summed E-state index contributed by atoms with van der Waals surface area (Å²) in [6, 6.07) is 13.2. The number of carbonyl (C=O) groups is 1. The Morgan fingerprint density at radius 3 is 2.62 bits per heavy atom. The number of hydrogen-bond acceptors (Lipinski definition) is 2. The molecule has 1 heterocycles. The Morgan fingerprint density at radius 2 is 1.96 bits per heavy atom. The fourth-order valence-corrected chi connectivity index (χ4v) is 3.19. The van der Waals surface area contributed by atoms with E-state index in [2.05, 4.69) is 4.57 Å². The van der Waals surface area contributed by atoms with Crippen LogP contribution in [0.4, 0.5) is 0 Å². The average Bonchev–Trinajstić information content (AvgIpc) is 3.32. The maximum Gasteiger partial charge on any atom is 0.252 e. The third-order valence-corrected chi connectivity index (χ3v) is 4.82. The van der Waals surface area contributed by atoms with E-state index in [9.17, 15) is 4.79 Å². The molecule has 1 aromatic heterocycles. The summed E-state index contributed by atoms with van der Waals surface area (Å²) >= 11 is 11.9. The zero-order valence-electron chi connectivity index (χ0n) is 12.7. The van der Waals surface area contributed by atoms with Crippen molar-refractivity contribution in [3.05, 3.63) is 64.4 Å². The zero-order chi connectivity index (χ0) is 16.0. The first kappa shape index (κ1) is 17.3. The van der Waals surface area contributed by atoms with Gasteiger partial charge in [-0.3, -0.25) is 4.79 Å². The summed E-state index contributed by atoms with van der Waals surface area (Å²) in [6.45, 7) is 0.641. The van der Waals surface area contributed by atoms with E-state index in [1.807, 2.05) is 36.4 Å². The number of aromatic nitrogens is 2. The average molecular weight is 382 g/mol. The van der Waals surface area contributed by atoms with Crippen LogP contribution >= 0.6 is 35.6 Å². The van der Waals surface area contributed by atoms with Crippen LogP contribution in [-0.4, -0.2) is 14.8 Å². The largest absolute Gasteiger partial charge is 0.323 e. The summed E-state index contributed by atoms with van der Waals surface area (Å²) in [5, 5.41) is 0.283. The molecule has 0 bridgehead atoms. The summed E-state index contributed by atoms with van der Waals surface area (Å²) < 4.78 is 2.16. The Hall–Kier alpha value is -1.55. The first-order valence-corrected chi connectivity index (χ1v) is 8.32. The van der Waals surface area contributed by atoms with E-state index in [0.717, 1.165) is 40.3 Å². The highest BCUT2D eigenvalue weighted by Crippen LogP contribution is 2.41. The van der Waals surface area contributed by atoms with Crippen molar-refractivity contribution in [2.24, 2.45) is 0 Å². The molecule has 3 nitrogen and oxygen atoms in total. The highest BCUT2D eigenvalue weighted by atomic mass is 35.5. The number of imidazole rings is 1. The van der Waals surface area contributed by atoms with Gasteiger partial charge in [-0.2, -0.15) is 0 Å². The molecule has 0 unspecified atom stereocenters. The summed E-state index contributed by atoms with van der Waals surface area (Å²) in [4.78, 5) is 16.2. The Morgan fingerprint density at radius 1 is 1.21 bits per heavy atom. The molecule has 0 saturated heterocycles. The number of benzene rings is 2. The van der Waals surface area contributed by atoms with Crippen LogP contribution in [0.3, 0.4) is 0 Å². The van der Waals surface area contributed by atoms with Crippen molar-refractivity contribution in [3.8, 4) is 0 Å². The molecule has 24 heavy (non-hydrogen) atoms. The first-order chi connectivity index (χ1) is 11.1. The molecule has 1 saturated carbocycles. The van der Waals surface area contributed by atoms with Crippen LogP contribution in [-0.2, 0) is 6.54 Å². The Balaban J connectivity index is 0.00000169. The molecule has 1 aliphatic rings. The van der Waals surface area contributed by atoms with Gasteiger partial charge in [-0.15, -0.1) is 12.4 Å². The number of rotatable bonds is 4. The fraction of sp³-hybridized carbons (Fsp3) is 0.222. The quantitative estimate of drug-likeness (QED) is 0.566. The van der Waals surface area contributed by atoms with E-state index in [0.29, 0.717) is 18.0 Å². The topological polar surface area (TPSA) is 34.9 Å². The second-order valence-corrected chi connectivity index (χ2v) is 6.65. The third kappa shape index (κ3) is 3.16. The molecule has 3 aromatic rings. The monoisotopic (exact) mass is 380 g/mol. The van der Waals surface area contributed by atoms with Crippen molar-refractivity contribution in [1.29, 1.82) is 0 Å². The molecule has 1 fully saturated rings. The molecule has 4 rings (SSSR count). The summed E-state index contributed by atoms with van der Waals surface area (Å²) in [6.07, 6.45) is 2.32. The standard InChI is InChI=1S/C18H14Cl2N2O.ClH/c19-14-4-2-1-3-13(14)10-22-16-9-12(17(20)23)7-8-15(16)21-18(22)11-5-6-11;/h1-4,7-9,11H,5-6,10H2;1H. The number of carbonyl (C=O) groups excluding carboxylic acids is 1. The highest BCUT2D eigenvalue weighted by molar-refractivity contribution is 6.67. The van der Waals surface area contributed by atoms with E-state index in [4.69, 9.17) is 28.2 Å². The van der Waals surface area contributed by atoms with Gasteiger partial charge in [-0.1, -0.05) is 29.8 Å². The van der Waals surface area contributed by atoms with Gasteiger partial charge in [0.25, 0.3) is 5.24 Å². The van der Waals surface area contributed by atoms with Crippen LogP contribution in [0.15, 0.2) is 42.5 Å². The molecule has 0 atom stereocenters. The molecule has 0 aliphatic heterocycles. The van der Waals surface area contributed by atoms with E-state index >= 15 is 0 Å². The summed E-state index contributed by atoms with van der Waals surface area (Å²) in [7, 11) is 0. The van der Waals surface area contributed by atoms with Crippen molar-refractivity contribution >= 4 is 51.9 Å². The van der Waals surface area contributed by atoms with Crippen molar-refractivity contribution in [3.63, 3.8) is 0 Å². The van der Waals surface area contributed by atoms with Gasteiger partial charge in [-0.05, 0) is 54.3 Å². The van der Waals surface area contributed by atoms with Gasteiger partial charge < -0.3 is 4.57 Å². The number of halogens is 3. The van der Waals surface area contributed by atoms with Crippen LogP contribution in [0.1, 0.15) is 40.5 Å². The lowest BCUT2D eigenvalue weighted by Gasteiger charge is -2.10. The van der Waals surface area contributed by atoms with Gasteiger partial charge in [0.05, 0.1) is 17.6 Å². The molecule has 0 radical (unpaired) electrons. The van der Waals surface area contributed by atoms with E-state index in [1.54, 1.807) is 6.07 Å². The molecular weight excluding hydrogens is 367 g/mol. The van der Waals surface area contributed by atoms with Gasteiger partial charge in [-0.25, -0.2) is 4.98 Å². The molecule has 0 N–H and O–H groups in total. The van der Waals surface area contributed by atoms with Crippen LogP contribution in [0.2, 0.25) is 5.02 Å². The van der Waals surface area contributed by atoms with E-state index in [-0.39, 0.29) is 12.4 Å². The minimum absolute atomic E-state index is 0. The van der Waals surface area contributed by atoms with Crippen LogP contribution < -0.4 is 0 Å². The smallest absolute Gasteiger partial charge is 0.252 e.